The summed E-state index contributed by atoms with van der Waals surface area (Å²) >= 11 is 2.16. The number of hydrogen-bond acceptors (Lipinski definition) is 5. The third-order valence-corrected chi connectivity index (χ3v) is 5.62. The Balaban J connectivity index is 1.77. The molecule has 0 saturated carbocycles. The number of amides is 1. The minimum atomic E-state index is -0.500. The first-order valence-electron chi connectivity index (χ1n) is 10.7. The Hall–Kier alpha value is -3.51. The van der Waals surface area contributed by atoms with Gasteiger partial charge in [-0.2, -0.15) is 5.26 Å². The zero-order valence-corrected chi connectivity index (χ0v) is 21.4. The van der Waals surface area contributed by atoms with Gasteiger partial charge in [-0.25, -0.2) is 0 Å². The van der Waals surface area contributed by atoms with Crippen molar-refractivity contribution in [3.63, 3.8) is 0 Å². The molecule has 0 radical (unpaired) electrons. The molecule has 0 unspecified atom stereocenters. The monoisotopic (exact) mass is 568 g/mol. The van der Waals surface area contributed by atoms with E-state index in [-0.39, 0.29) is 5.57 Å². The van der Waals surface area contributed by atoms with E-state index in [1.807, 2.05) is 44.2 Å². The standard InChI is InChI=1S/C27H25IN2O4/c1-4-33-23-10-8-22(9-11-23)30-27(31)21(16-29)13-20-14-24(28)26(25(15-20)32-3)34-17-19-7-5-6-18(2)12-19/h5-15H,4,17H2,1-3H3,(H,30,31)/b21-13-. The Bertz CT molecular complexity index is 1230. The van der Waals surface area contributed by atoms with Crippen molar-refractivity contribution in [2.75, 3.05) is 19.0 Å². The molecule has 0 aromatic heterocycles. The molecule has 174 valence electrons. The van der Waals surface area contributed by atoms with Gasteiger partial charge in [-0.1, -0.05) is 29.8 Å². The van der Waals surface area contributed by atoms with Crippen molar-refractivity contribution in [2.24, 2.45) is 0 Å². The first-order chi connectivity index (χ1) is 16.4. The first-order valence-corrected chi connectivity index (χ1v) is 11.7. The fourth-order valence-electron chi connectivity index (χ4n) is 3.24. The van der Waals surface area contributed by atoms with E-state index in [2.05, 4.69) is 34.0 Å². The Morgan fingerprint density at radius 1 is 1.12 bits per heavy atom. The number of nitriles is 1. The quantitative estimate of drug-likeness (QED) is 0.191. The molecule has 0 aliphatic rings. The molecule has 0 aliphatic heterocycles. The first kappa shape index (κ1) is 25.1. The lowest BCUT2D eigenvalue weighted by molar-refractivity contribution is -0.112. The van der Waals surface area contributed by atoms with Crippen LogP contribution in [0, 0.1) is 21.8 Å². The molecule has 6 nitrogen and oxygen atoms in total. The normalized spacial score (nSPS) is 10.9. The van der Waals surface area contributed by atoms with Crippen LogP contribution < -0.4 is 19.5 Å². The van der Waals surface area contributed by atoms with Crippen molar-refractivity contribution in [1.82, 2.24) is 0 Å². The van der Waals surface area contributed by atoms with Crippen molar-refractivity contribution in [1.29, 1.82) is 5.26 Å². The maximum atomic E-state index is 12.7. The summed E-state index contributed by atoms with van der Waals surface area (Å²) in [4.78, 5) is 12.7. The zero-order chi connectivity index (χ0) is 24.5. The van der Waals surface area contributed by atoms with Gasteiger partial charge in [0, 0.05) is 5.69 Å². The van der Waals surface area contributed by atoms with Gasteiger partial charge >= 0.3 is 0 Å². The molecule has 0 atom stereocenters. The van der Waals surface area contributed by atoms with E-state index in [1.54, 1.807) is 37.4 Å². The molecule has 3 aromatic rings. The summed E-state index contributed by atoms with van der Waals surface area (Å²) in [5.74, 6) is 1.34. The van der Waals surface area contributed by atoms with Crippen LogP contribution >= 0.6 is 22.6 Å². The molecule has 3 rings (SSSR count). The molecular formula is C27H25IN2O4. The molecule has 1 amide bonds. The van der Waals surface area contributed by atoms with Crippen molar-refractivity contribution in [3.05, 3.63) is 86.5 Å². The number of carbonyl (C=O) groups is 1. The average molecular weight is 568 g/mol. The number of benzene rings is 3. The van der Waals surface area contributed by atoms with Crippen molar-refractivity contribution in [2.45, 2.75) is 20.5 Å². The molecule has 1 N–H and O–H groups in total. The number of nitrogens with one attached hydrogen (secondary N) is 1. The van der Waals surface area contributed by atoms with Crippen LogP contribution in [0.15, 0.2) is 66.2 Å². The predicted molar refractivity (Wildman–Crippen MR) is 141 cm³/mol. The molecule has 0 aliphatic carbocycles. The lowest BCUT2D eigenvalue weighted by Gasteiger charge is -2.14. The summed E-state index contributed by atoms with van der Waals surface area (Å²) in [6.45, 7) is 4.90. The van der Waals surface area contributed by atoms with E-state index in [1.165, 1.54) is 6.08 Å². The van der Waals surface area contributed by atoms with Gasteiger partial charge < -0.3 is 19.5 Å². The fourth-order valence-corrected chi connectivity index (χ4v) is 4.02. The van der Waals surface area contributed by atoms with E-state index in [0.29, 0.717) is 41.7 Å². The van der Waals surface area contributed by atoms with Gasteiger partial charge in [0.2, 0.25) is 0 Å². The second-order valence-corrected chi connectivity index (χ2v) is 8.56. The SMILES string of the molecule is CCOc1ccc(NC(=O)/C(C#N)=C\c2cc(I)c(OCc3cccc(C)c3)c(OC)c2)cc1. The number of aryl methyl sites for hydroxylation is 1. The number of hydrogen-bond donors (Lipinski definition) is 1. The predicted octanol–water partition coefficient (Wildman–Crippen LogP) is 6.13. The van der Waals surface area contributed by atoms with Crippen LogP contribution in [0.2, 0.25) is 0 Å². The maximum Gasteiger partial charge on any atom is 0.266 e. The van der Waals surface area contributed by atoms with Crippen molar-refractivity contribution in [3.8, 4) is 23.3 Å². The van der Waals surface area contributed by atoms with Crippen LogP contribution in [0.3, 0.4) is 0 Å². The van der Waals surface area contributed by atoms with Gasteiger partial charge in [-0.05, 0) is 90.0 Å². The Morgan fingerprint density at radius 2 is 1.88 bits per heavy atom. The topological polar surface area (TPSA) is 80.6 Å². The maximum absolute atomic E-state index is 12.7. The molecule has 34 heavy (non-hydrogen) atoms. The number of methoxy groups -OCH3 is 1. The van der Waals surface area contributed by atoms with Crippen LogP contribution in [-0.2, 0) is 11.4 Å². The average Bonchev–Trinajstić information content (AvgIpc) is 2.83. The van der Waals surface area contributed by atoms with Gasteiger partial charge in [0.25, 0.3) is 5.91 Å². The summed E-state index contributed by atoms with van der Waals surface area (Å²) in [6.07, 6.45) is 1.53. The van der Waals surface area contributed by atoms with Gasteiger partial charge in [-0.15, -0.1) is 0 Å². The molecule has 0 bridgehead atoms. The highest BCUT2D eigenvalue weighted by molar-refractivity contribution is 14.1. The summed E-state index contributed by atoms with van der Waals surface area (Å²) in [6, 6.07) is 20.6. The highest BCUT2D eigenvalue weighted by Gasteiger charge is 2.14. The smallest absolute Gasteiger partial charge is 0.266 e. The number of anilines is 1. The van der Waals surface area contributed by atoms with Gasteiger partial charge in [0.1, 0.15) is 24.0 Å². The molecule has 0 spiro atoms. The largest absolute Gasteiger partial charge is 0.494 e. The molecule has 0 saturated heterocycles. The van der Waals surface area contributed by atoms with Crippen LogP contribution in [-0.4, -0.2) is 19.6 Å². The second kappa shape index (κ2) is 12.1. The zero-order valence-electron chi connectivity index (χ0n) is 19.2. The van der Waals surface area contributed by atoms with E-state index in [9.17, 15) is 10.1 Å². The fraction of sp³-hybridized carbons (Fsp3) is 0.185. The summed E-state index contributed by atoms with van der Waals surface area (Å²) in [7, 11) is 1.56. The number of nitrogens with zero attached hydrogens (tertiary/aromatic N) is 1. The number of carbonyl (C=O) groups excluding carboxylic acids is 1. The third kappa shape index (κ3) is 6.75. The summed E-state index contributed by atoms with van der Waals surface area (Å²) < 4.78 is 17.8. The Kier molecular flexibility index (Phi) is 8.93. The molecule has 7 heteroatoms. The van der Waals surface area contributed by atoms with Crippen LogP contribution in [0.4, 0.5) is 5.69 Å². The number of halogens is 1. The van der Waals surface area contributed by atoms with E-state index < -0.39 is 5.91 Å². The second-order valence-electron chi connectivity index (χ2n) is 7.39. The molecule has 0 heterocycles. The number of rotatable bonds is 9. The van der Waals surface area contributed by atoms with Crippen molar-refractivity contribution < 1.29 is 19.0 Å². The third-order valence-electron chi connectivity index (χ3n) is 4.82. The highest BCUT2D eigenvalue weighted by atomic mass is 127. The molecular weight excluding hydrogens is 543 g/mol. The lowest BCUT2D eigenvalue weighted by atomic mass is 10.1. The van der Waals surface area contributed by atoms with E-state index in [4.69, 9.17) is 14.2 Å². The van der Waals surface area contributed by atoms with Gasteiger partial charge in [-0.3, -0.25) is 4.79 Å². The Morgan fingerprint density at radius 3 is 2.53 bits per heavy atom. The molecule has 0 fully saturated rings. The summed E-state index contributed by atoms with van der Waals surface area (Å²) in [5.41, 5.74) is 3.42. The minimum absolute atomic E-state index is 0.0276. The summed E-state index contributed by atoms with van der Waals surface area (Å²) in [5, 5.41) is 12.3. The number of ether oxygens (including phenoxy) is 3. The lowest BCUT2D eigenvalue weighted by Crippen LogP contribution is -2.13. The molecule has 3 aromatic carbocycles. The van der Waals surface area contributed by atoms with Crippen molar-refractivity contribution >= 4 is 40.3 Å². The van der Waals surface area contributed by atoms with Crippen LogP contribution in [0.1, 0.15) is 23.6 Å². The minimum Gasteiger partial charge on any atom is -0.494 e. The van der Waals surface area contributed by atoms with Gasteiger partial charge in [0.05, 0.1) is 17.3 Å². The van der Waals surface area contributed by atoms with E-state index in [0.717, 1.165) is 14.7 Å². The van der Waals surface area contributed by atoms with E-state index >= 15 is 0 Å². The Labute approximate surface area is 213 Å². The highest BCUT2D eigenvalue weighted by Crippen LogP contribution is 2.35. The van der Waals surface area contributed by atoms with Gasteiger partial charge in [0.15, 0.2) is 11.5 Å². The van der Waals surface area contributed by atoms with Crippen LogP contribution in [0.5, 0.6) is 17.2 Å². The van der Waals surface area contributed by atoms with Crippen LogP contribution in [0.25, 0.3) is 6.08 Å².